The molecule has 0 atom stereocenters. The van der Waals surface area contributed by atoms with Crippen molar-refractivity contribution < 1.29 is 23.9 Å². The van der Waals surface area contributed by atoms with Crippen LogP contribution in [0.2, 0.25) is 0 Å². The molecule has 1 aliphatic carbocycles. The van der Waals surface area contributed by atoms with Gasteiger partial charge in [-0.15, -0.1) is 0 Å². The fourth-order valence-corrected chi connectivity index (χ4v) is 5.61. The Morgan fingerprint density at radius 1 is 0.975 bits per heavy atom. The number of carbonyl (C=O) groups is 3. The van der Waals surface area contributed by atoms with E-state index in [1.807, 2.05) is 43.3 Å². The molecule has 1 saturated carbocycles. The molecule has 4 rings (SSSR count). The summed E-state index contributed by atoms with van der Waals surface area (Å²) in [5, 5.41) is 5.98. The lowest BCUT2D eigenvalue weighted by molar-refractivity contribution is -0.138. The Hall–Kier alpha value is -3.55. The van der Waals surface area contributed by atoms with E-state index in [9.17, 15) is 14.4 Å². The van der Waals surface area contributed by atoms with Crippen LogP contribution in [0.5, 0.6) is 5.75 Å². The molecular formula is C32H43N3O5. The molecule has 8 heteroatoms. The fourth-order valence-electron chi connectivity index (χ4n) is 5.61. The SMILES string of the molecule is COc1cc(C)ccc1NC(=O)C1(c2ccccc2C(C)C)CCN(C(=O)C2(NC(=O)OC(C)(C)C)CC2)CC1. The molecule has 2 aromatic carbocycles. The highest BCUT2D eigenvalue weighted by Crippen LogP contribution is 2.44. The smallest absolute Gasteiger partial charge is 0.408 e. The van der Waals surface area contributed by atoms with Crippen molar-refractivity contribution in [1.29, 1.82) is 0 Å². The fraction of sp³-hybridized carbons (Fsp3) is 0.531. The number of carbonyl (C=O) groups excluding carboxylic acids is 3. The minimum atomic E-state index is -0.921. The highest BCUT2D eigenvalue weighted by molar-refractivity contribution is 6.01. The highest BCUT2D eigenvalue weighted by Gasteiger charge is 2.55. The Labute approximate surface area is 237 Å². The van der Waals surface area contributed by atoms with Gasteiger partial charge in [0.1, 0.15) is 16.9 Å². The predicted octanol–water partition coefficient (Wildman–Crippen LogP) is 5.68. The van der Waals surface area contributed by atoms with Crippen LogP contribution in [0.15, 0.2) is 42.5 Å². The van der Waals surface area contributed by atoms with E-state index in [1.165, 1.54) is 0 Å². The van der Waals surface area contributed by atoms with Gasteiger partial charge < -0.3 is 25.0 Å². The molecule has 40 heavy (non-hydrogen) atoms. The van der Waals surface area contributed by atoms with Crippen LogP contribution in [0.3, 0.4) is 0 Å². The standard InChI is InChI=1S/C32H43N3O5/c1-21(2)23-10-8-9-11-24(23)31(27(36)33-25-13-12-22(3)20-26(25)39-7)16-18-35(19-17-31)28(37)32(14-15-32)34-29(38)40-30(4,5)6/h8-13,20-21H,14-19H2,1-7H3,(H,33,36)(H,34,38). The normalized spacial score (nSPS) is 17.6. The summed E-state index contributed by atoms with van der Waals surface area (Å²) in [6.07, 6.45) is 1.51. The third kappa shape index (κ3) is 6.11. The number of nitrogens with one attached hydrogen (secondary N) is 2. The van der Waals surface area contributed by atoms with Crippen LogP contribution >= 0.6 is 0 Å². The number of piperidine rings is 1. The minimum Gasteiger partial charge on any atom is -0.495 e. The van der Waals surface area contributed by atoms with Crippen molar-refractivity contribution in [2.75, 3.05) is 25.5 Å². The van der Waals surface area contributed by atoms with Gasteiger partial charge in [-0.25, -0.2) is 4.79 Å². The number of amides is 3. The van der Waals surface area contributed by atoms with Crippen LogP contribution in [0.4, 0.5) is 10.5 Å². The molecule has 2 aliphatic rings. The van der Waals surface area contributed by atoms with E-state index in [1.54, 1.807) is 32.8 Å². The van der Waals surface area contributed by atoms with E-state index in [0.717, 1.165) is 16.7 Å². The zero-order valence-electron chi connectivity index (χ0n) is 24.8. The third-order valence-corrected chi connectivity index (χ3v) is 7.94. The van der Waals surface area contributed by atoms with Gasteiger partial charge in [0.15, 0.2) is 0 Å². The van der Waals surface area contributed by atoms with Crippen LogP contribution in [-0.2, 0) is 19.7 Å². The quantitative estimate of drug-likeness (QED) is 0.463. The number of anilines is 1. The summed E-state index contributed by atoms with van der Waals surface area (Å²) >= 11 is 0. The van der Waals surface area contributed by atoms with Crippen LogP contribution < -0.4 is 15.4 Å². The largest absolute Gasteiger partial charge is 0.495 e. The van der Waals surface area contributed by atoms with Crippen LogP contribution in [0.1, 0.15) is 82.9 Å². The minimum absolute atomic E-state index is 0.107. The number of likely N-dealkylation sites (tertiary alicyclic amines) is 1. The molecule has 216 valence electrons. The molecule has 0 aromatic heterocycles. The van der Waals surface area contributed by atoms with E-state index in [2.05, 4.69) is 30.5 Å². The van der Waals surface area contributed by atoms with E-state index in [4.69, 9.17) is 9.47 Å². The lowest BCUT2D eigenvalue weighted by atomic mass is 9.69. The summed E-state index contributed by atoms with van der Waals surface area (Å²) in [4.78, 5) is 42.1. The summed E-state index contributed by atoms with van der Waals surface area (Å²) in [7, 11) is 1.59. The number of nitrogens with zero attached hydrogens (tertiary/aromatic N) is 1. The Morgan fingerprint density at radius 2 is 1.62 bits per heavy atom. The lowest BCUT2D eigenvalue weighted by Crippen LogP contribution is -2.57. The highest BCUT2D eigenvalue weighted by atomic mass is 16.6. The summed E-state index contributed by atoms with van der Waals surface area (Å²) < 4.78 is 11.0. The number of hydrogen-bond donors (Lipinski definition) is 2. The summed E-state index contributed by atoms with van der Waals surface area (Å²) in [5.74, 6) is 0.618. The zero-order chi connectivity index (χ0) is 29.3. The predicted molar refractivity (Wildman–Crippen MR) is 156 cm³/mol. The maximum atomic E-state index is 14.2. The molecule has 2 aromatic rings. The topological polar surface area (TPSA) is 97.0 Å². The summed E-state index contributed by atoms with van der Waals surface area (Å²) in [6.45, 7) is 12.4. The zero-order valence-corrected chi connectivity index (χ0v) is 24.8. The second-order valence-electron chi connectivity index (χ2n) is 12.5. The molecule has 2 N–H and O–H groups in total. The second-order valence-corrected chi connectivity index (χ2v) is 12.5. The number of ether oxygens (including phenoxy) is 2. The maximum Gasteiger partial charge on any atom is 0.408 e. The van der Waals surface area contributed by atoms with Gasteiger partial charge in [-0.2, -0.15) is 0 Å². The summed E-state index contributed by atoms with van der Waals surface area (Å²) in [5.41, 5.74) is 1.38. The number of hydrogen-bond acceptors (Lipinski definition) is 5. The first-order valence-corrected chi connectivity index (χ1v) is 14.2. The van der Waals surface area contributed by atoms with Gasteiger partial charge in [0.25, 0.3) is 0 Å². The maximum absolute atomic E-state index is 14.2. The number of aryl methyl sites for hydroxylation is 1. The first-order chi connectivity index (χ1) is 18.8. The van der Waals surface area contributed by atoms with Gasteiger partial charge in [0, 0.05) is 13.1 Å². The number of rotatable bonds is 7. The van der Waals surface area contributed by atoms with Crippen LogP contribution in [0, 0.1) is 6.92 Å². The van der Waals surface area contributed by atoms with Crippen LogP contribution in [-0.4, -0.2) is 54.1 Å². The molecule has 0 bridgehead atoms. The molecule has 0 spiro atoms. The molecule has 3 amide bonds. The average Bonchev–Trinajstić information content (AvgIpc) is 3.68. The number of benzene rings is 2. The number of alkyl carbamates (subject to hydrolysis) is 1. The average molecular weight is 550 g/mol. The van der Waals surface area contributed by atoms with E-state index in [0.29, 0.717) is 50.2 Å². The summed E-state index contributed by atoms with van der Waals surface area (Å²) in [6, 6.07) is 13.8. The van der Waals surface area contributed by atoms with Crippen molar-refractivity contribution >= 4 is 23.6 Å². The molecule has 8 nitrogen and oxygen atoms in total. The monoisotopic (exact) mass is 549 g/mol. The van der Waals surface area contributed by atoms with Crippen molar-refractivity contribution in [2.45, 2.75) is 89.7 Å². The second kappa shape index (κ2) is 11.1. The third-order valence-electron chi connectivity index (χ3n) is 7.94. The molecule has 0 unspecified atom stereocenters. The molecule has 1 aliphatic heterocycles. The van der Waals surface area contributed by atoms with Crippen molar-refractivity contribution in [3.63, 3.8) is 0 Å². The van der Waals surface area contributed by atoms with E-state index < -0.39 is 22.6 Å². The van der Waals surface area contributed by atoms with Crippen LogP contribution in [0.25, 0.3) is 0 Å². The van der Waals surface area contributed by atoms with Gasteiger partial charge in [-0.05, 0) is 88.1 Å². The van der Waals surface area contributed by atoms with Crippen molar-refractivity contribution in [3.8, 4) is 5.75 Å². The van der Waals surface area contributed by atoms with Gasteiger partial charge in [0.2, 0.25) is 11.8 Å². The van der Waals surface area contributed by atoms with E-state index in [-0.39, 0.29) is 17.7 Å². The molecule has 1 heterocycles. The number of methoxy groups -OCH3 is 1. The van der Waals surface area contributed by atoms with E-state index >= 15 is 0 Å². The lowest BCUT2D eigenvalue weighted by Gasteiger charge is -2.43. The van der Waals surface area contributed by atoms with Gasteiger partial charge in [-0.1, -0.05) is 44.2 Å². The first-order valence-electron chi connectivity index (χ1n) is 14.2. The Kier molecular flexibility index (Phi) is 8.20. The van der Waals surface area contributed by atoms with Gasteiger partial charge in [-0.3, -0.25) is 9.59 Å². The Morgan fingerprint density at radius 3 is 2.20 bits per heavy atom. The molecular weight excluding hydrogens is 506 g/mol. The van der Waals surface area contributed by atoms with Gasteiger partial charge >= 0.3 is 6.09 Å². The molecule has 1 saturated heterocycles. The van der Waals surface area contributed by atoms with Crippen molar-refractivity contribution in [3.05, 3.63) is 59.2 Å². The Bertz CT molecular complexity index is 1270. The molecule has 0 radical (unpaired) electrons. The Balaban J connectivity index is 1.59. The first kappa shape index (κ1) is 29.4. The van der Waals surface area contributed by atoms with Crippen molar-refractivity contribution in [1.82, 2.24) is 10.2 Å². The molecule has 2 fully saturated rings. The van der Waals surface area contributed by atoms with Crippen molar-refractivity contribution in [2.24, 2.45) is 0 Å². The van der Waals surface area contributed by atoms with Gasteiger partial charge in [0.05, 0.1) is 18.2 Å².